The Morgan fingerprint density at radius 2 is 1.93 bits per heavy atom. The number of benzene rings is 2. The first-order valence-corrected chi connectivity index (χ1v) is 9.54. The lowest BCUT2D eigenvalue weighted by Gasteiger charge is -2.04. The maximum absolute atomic E-state index is 10.5. The van der Waals surface area contributed by atoms with E-state index in [9.17, 15) is 10.4 Å². The molecular weight excluding hydrogens is 372 g/mol. The Labute approximate surface area is 165 Å². The summed E-state index contributed by atoms with van der Waals surface area (Å²) in [5.74, 6) is 1.17. The van der Waals surface area contributed by atoms with Gasteiger partial charge in [-0.25, -0.2) is 9.97 Å². The number of oxazole rings is 1. The number of para-hydroxylation sites is 2. The molecule has 0 saturated carbocycles. The van der Waals surface area contributed by atoms with E-state index in [2.05, 4.69) is 16.0 Å². The lowest BCUT2D eigenvalue weighted by atomic mass is 10.2. The van der Waals surface area contributed by atoms with E-state index in [1.54, 1.807) is 10.8 Å². The zero-order chi connectivity index (χ0) is 19.5. The zero-order valence-electron chi connectivity index (χ0n) is 15.0. The van der Waals surface area contributed by atoms with Gasteiger partial charge in [0.05, 0.1) is 23.0 Å². The summed E-state index contributed by atoms with van der Waals surface area (Å²) in [6.45, 7) is 0. The number of nitriles is 1. The number of aliphatic hydroxyl groups is 1. The van der Waals surface area contributed by atoms with Crippen LogP contribution in [-0.2, 0) is 7.05 Å². The maximum Gasteiger partial charge on any atom is 0.256 e. The number of imidazole rings is 1. The summed E-state index contributed by atoms with van der Waals surface area (Å²) in [5, 5.41) is 20.5. The summed E-state index contributed by atoms with van der Waals surface area (Å²) in [6.07, 6.45) is 1.65. The molecule has 6 nitrogen and oxygen atoms in total. The number of hydrogen-bond donors (Lipinski definition) is 1. The van der Waals surface area contributed by atoms with Gasteiger partial charge in [0.15, 0.2) is 11.6 Å². The van der Waals surface area contributed by atoms with Crippen LogP contribution >= 0.6 is 11.8 Å². The molecule has 0 spiro atoms. The highest BCUT2D eigenvalue weighted by atomic mass is 32.2. The van der Waals surface area contributed by atoms with Crippen LogP contribution in [0.2, 0.25) is 0 Å². The molecule has 0 aliphatic rings. The predicted molar refractivity (Wildman–Crippen MR) is 109 cm³/mol. The molecule has 1 N–H and O–H groups in total. The van der Waals surface area contributed by atoms with Crippen LogP contribution in [0.15, 0.2) is 76.2 Å². The summed E-state index contributed by atoms with van der Waals surface area (Å²) >= 11 is 1.22. The first-order valence-electron chi connectivity index (χ1n) is 8.55. The van der Waals surface area contributed by atoms with Gasteiger partial charge in [0.25, 0.3) is 5.22 Å². The van der Waals surface area contributed by atoms with Crippen LogP contribution in [0, 0.1) is 11.3 Å². The second-order valence-corrected chi connectivity index (χ2v) is 6.99. The molecule has 0 unspecified atom stereocenters. The normalized spacial score (nSPS) is 12.0. The van der Waals surface area contributed by atoms with Gasteiger partial charge in [-0.2, -0.15) is 5.26 Å². The summed E-state index contributed by atoms with van der Waals surface area (Å²) in [6, 6.07) is 19.3. The number of thioether (sulfide) groups is 1. The van der Waals surface area contributed by atoms with Gasteiger partial charge in [-0.15, -0.1) is 0 Å². The molecule has 0 saturated heterocycles. The molecular formula is C21H16N4O2S. The Bertz CT molecular complexity index is 1200. The second kappa shape index (κ2) is 7.62. The summed E-state index contributed by atoms with van der Waals surface area (Å²) in [4.78, 5) is 8.71. The summed E-state index contributed by atoms with van der Waals surface area (Å²) in [5.41, 5.74) is 2.74. The molecule has 138 valence electrons. The molecule has 4 aromatic rings. The Morgan fingerprint density at radius 1 is 1.18 bits per heavy atom. The lowest BCUT2D eigenvalue weighted by Crippen LogP contribution is -2.00. The molecule has 0 bridgehead atoms. The summed E-state index contributed by atoms with van der Waals surface area (Å²) < 4.78 is 7.52. The minimum absolute atomic E-state index is 0.0645. The van der Waals surface area contributed by atoms with Crippen molar-refractivity contribution in [2.75, 3.05) is 5.75 Å². The minimum Gasteiger partial charge on any atom is -0.510 e. The van der Waals surface area contributed by atoms with Gasteiger partial charge in [0, 0.05) is 12.6 Å². The number of aryl methyl sites for hydroxylation is 1. The smallest absolute Gasteiger partial charge is 0.256 e. The molecule has 0 fully saturated rings. The zero-order valence-corrected chi connectivity index (χ0v) is 15.8. The molecule has 0 aliphatic carbocycles. The number of nitrogens with zero attached hydrogens (tertiary/aromatic N) is 4. The number of aliphatic hydroxyl groups excluding tert-OH is 1. The first kappa shape index (κ1) is 17.9. The predicted octanol–water partition coefficient (Wildman–Crippen LogP) is 4.81. The fourth-order valence-corrected chi connectivity index (χ4v) is 3.56. The largest absolute Gasteiger partial charge is 0.510 e. The third-order valence-electron chi connectivity index (χ3n) is 4.29. The van der Waals surface area contributed by atoms with Crippen molar-refractivity contribution in [1.29, 1.82) is 5.26 Å². The molecule has 2 heterocycles. The van der Waals surface area contributed by atoms with E-state index in [4.69, 9.17) is 4.42 Å². The van der Waals surface area contributed by atoms with Crippen LogP contribution < -0.4 is 0 Å². The lowest BCUT2D eigenvalue weighted by molar-refractivity contribution is 0.418. The van der Waals surface area contributed by atoms with Gasteiger partial charge < -0.3 is 14.1 Å². The molecule has 28 heavy (non-hydrogen) atoms. The van der Waals surface area contributed by atoms with Crippen molar-refractivity contribution in [2.45, 2.75) is 5.22 Å². The Hall–Kier alpha value is -3.50. The molecule has 4 rings (SSSR count). The highest BCUT2D eigenvalue weighted by Gasteiger charge is 2.17. The number of aromatic nitrogens is 3. The standard InChI is InChI=1S/C21H16N4O2S/c1-25-17-10-6-5-9-16(17)24-20(25)15(11-22)18(26)13-28-21-23-12-19(27-21)14-7-3-2-4-8-14/h2-10,12,26H,13H2,1H3/b18-15-. The monoisotopic (exact) mass is 388 g/mol. The van der Waals surface area contributed by atoms with Crippen molar-refractivity contribution in [3.63, 3.8) is 0 Å². The molecule has 2 aromatic carbocycles. The van der Waals surface area contributed by atoms with E-state index in [0.29, 0.717) is 16.8 Å². The molecule has 2 aromatic heterocycles. The maximum atomic E-state index is 10.5. The SMILES string of the molecule is Cn1c(/C(C#N)=C(\O)CSc2ncc(-c3ccccc3)o2)nc2ccccc21. The van der Waals surface area contributed by atoms with Gasteiger partial charge in [-0.05, 0) is 12.1 Å². The van der Waals surface area contributed by atoms with Crippen molar-refractivity contribution in [3.05, 3.63) is 72.4 Å². The van der Waals surface area contributed by atoms with E-state index in [1.165, 1.54) is 11.8 Å². The van der Waals surface area contributed by atoms with Crippen LogP contribution in [0.5, 0.6) is 0 Å². The molecule has 0 atom stereocenters. The highest BCUT2D eigenvalue weighted by molar-refractivity contribution is 7.99. The fourth-order valence-electron chi connectivity index (χ4n) is 2.88. The highest BCUT2D eigenvalue weighted by Crippen LogP contribution is 2.28. The second-order valence-electron chi connectivity index (χ2n) is 6.06. The van der Waals surface area contributed by atoms with Crippen molar-refractivity contribution in [1.82, 2.24) is 14.5 Å². The van der Waals surface area contributed by atoms with Gasteiger partial charge >= 0.3 is 0 Å². The van der Waals surface area contributed by atoms with E-state index >= 15 is 0 Å². The Kier molecular flexibility index (Phi) is 4.87. The van der Waals surface area contributed by atoms with E-state index in [-0.39, 0.29) is 17.1 Å². The molecule has 0 aliphatic heterocycles. The van der Waals surface area contributed by atoms with Gasteiger partial charge in [0.2, 0.25) is 0 Å². The quantitative estimate of drug-likeness (QED) is 0.300. The van der Waals surface area contributed by atoms with Crippen LogP contribution in [0.1, 0.15) is 5.82 Å². The average molecular weight is 388 g/mol. The van der Waals surface area contributed by atoms with E-state index in [1.807, 2.05) is 61.6 Å². The van der Waals surface area contributed by atoms with E-state index in [0.717, 1.165) is 16.6 Å². The number of fused-ring (bicyclic) bond motifs is 1. The fraction of sp³-hybridized carbons (Fsp3) is 0.0952. The van der Waals surface area contributed by atoms with Gasteiger partial charge in [-0.3, -0.25) is 0 Å². The third-order valence-corrected chi connectivity index (χ3v) is 5.14. The van der Waals surface area contributed by atoms with Crippen molar-refractivity contribution in [2.24, 2.45) is 7.05 Å². The van der Waals surface area contributed by atoms with Gasteiger partial charge in [0.1, 0.15) is 17.4 Å². The van der Waals surface area contributed by atoms with Crippen LogP contribution in [0.3, 0.4) is 0 Å². The van der Waals surface area contributed by atoms with Crippen LogP contribution in [0.4, 0.5) is 0 Å². The molecule has 7 heteroatoms. The number of allylic oxidation sites excluding steroid dienone is 1. The first-order chi connectivity index (χ1) is 13.7. The van der Waals surface area contributed by atoms with Crippen LogP contribution in [-0.4, -0.2) is 25.4 Å². The summed E-state index contributed by atoms with van der Waals surface area (Å²) in [7, 11) is 1.82. The Balaban J connectivity index is 1.56. The molecule has 0 radical (unpaired) electrons. The van der Waals surface area contributed by atoms with Gasteiger partial charge in [-0.1, -0.05) is 54.2 Å². The van der Waals surface area contributed by atoms with Crippen LogP contribution in [0.25, 0.3) is 27.9 Å². The van der Waals surface area contributed by atoms with E-state index < -0.39 is 0 Å². The Morgan fingerprint density at radius 3 is 2.68 bits per heavy atom. The van der Waals surface area contributed by atoms with Crippen molar-refractivity contribution >= 4 is 28.4 Å². The number of rotatable bonds is 5. The average Bonchev–Trinajstić information content (AvgIpc) is 3.33. The minimum atomic E-state index is -0.0645. The van der Waals surface area contributed by atoms with Crippen molar-refractivity contribution < 1.29 is 9.52 Å². The van der Waals surface area contributed by atoms with Crippen molar-refractivity contribution in [3.8, 4) is 17.4 Å². The number of hydrogen-bond acceptors (Lipinski definition) is 6. The topological polar surface area (TPSA) is 87.9 Å². The molecule has 0 amide bonds. The third kappa shape index (κ3) is 3.38.